The summed E-state index contributed by atoms with van der Waals surface area (Å²) in [5, 5.41) is 12.3. The van der Waals surface area contributed by atoms with E-state index in [1.165, 1.54) is 35.6 Å². The second kappa shape index (κ2) is 5.16. The Morgan fingerprint density at radius 3 is 2.40 bits per heavy atom. The average Bonchev–Trinajstić information content (AvgIpc) is 2.79. The first kappa shape index (κ1) is 15.0. The van der Waals surface area contributed by atoms with Crippen LogP contribution >= 0.6 is 0 Å². The SMILES string of the molecule is CNC(=O)c1ccc(S(=O)(=O)N2CCC(C)(O)C2)cc1. The lowest BCUT2D eigenvalue weighted by Gasteiger charge is -2.19. The number of rotatable bonds is 3. The smallest absolute Gasteiger partial charge is 0.251 e. The van der Waals surface area contributed by atoms with E-state index in [2.05, 4.69) is 5.32 Å². The van der Waals surface area contributed by atoms with Gasteiger partial charge in [0.2, 0.25) is 10.0 Å². The Morgan fingerprint density at radius 2 is 1.95 bits per heavy atom. The molecule has 0 saturated carbocycles. The molecule has 6 nitrogen and oxygen atoms in total. The fraction of sp³-hybridized carbons (Fsp3) is 0.462. The lowest BCUT2D eigenvalue weighted by Crippen LogP contribution is -2.34. The maximum atomic E-state index is 12.4. The van der Waals surface area contributed by atoms with Crippen molar-refractivity contribution in [2.24, 2.45) is 0 Å². The van der Waals surface area contributed by atoms with Gasteiger partial charge in [0, 0.05) is 25.7 Å². The highest BCUT2D eigenvalue weighted by Crippen LogP contribution is 2.26. The van der Waals surface area contributed by atoms with Crippen molar-refractivity contribution in [1.29, 1.82) is 0 Å². The summed E-state index contributed by atoms with van der Waals surface area (Å²) in [6.07, 6.45) is 0.419. The van der Waals surface area contributed by atoms with Gasteiger partial charge in [-0.3, -0.25) is 4.79 Å². The fourth-order valence-electron chi connectivity index (χ4n) is 2.18. The highest BCUT2D eigenvalue weighted by Gasteiger charge is 2.38. The highest BCUT2D eigenvalue weighted by atomic mass is 32.2. The van der Waals surface area contributed by atoms with Crippen molar-refractivity contribution in [3.63, 3.8) is 0 Å². The number of carbonyl (C=O) groups is 1. The predicted octanol–water partition coefficient (Wildman–Crippen LogP) is 0.192. The molecule has 110 valence electrons. The van der Waals surface area contributed by atoms with Gasteiger partial charge >= 0.3 is 0 Å². The number of amides is 1. The summed E-state index contributed by atoms with van der Waals surface area (Å²) in [4.78, 5) is 11.5. The Labute approximate surface area is 118 Å². The first-order valence-corrected chi connectivity index (χ1v) is 7.75. The van der Waals surface area contributed by atoms with Crippen LogP contribution in [0.4, 0.5) is 0 Å². The molecule has 0 aliphatic carbocycles. The number of aliphatic hydroxyl groups is 1. The van der Waals surface area contributed by atoms with Crippen LogP contribution in [0.3, 0.4) is 0 Å². The summed E-state index contributed by atoms with van der Waals surface area (Å²) < 4.78 is 26.0. The molecule has 1 heterocycles. The zero-order chi connectivity index (χ0) is 15.0. The van der Waals surface area contributed by atoms with Crippen LogP contribution in [0.5, 0.6) is 0 Å². The number of β-amino-alcohol motifs (C(OH)–C–C–N with tert-alkyl or cyclic N) is 1. The molecule has 1 aromatic carbocycles. The first-order chi connectivity index (χ1) is 9.26. The van der Waals surface area contributed by atoms with E-state index in [4.69, 9.17) is 0 Å². The normalized spacial score (nSPS) is 23.8. The number of hydrogen-bond donors (Lipinski definition) is 2. The molecular weight excluding hydrogens is 280 g/mol. The van der Waals surface area contributed by atoms with Gasteiger partial charge in [-0.1, -0.05) is 0 Å². The minimum Gasteiger partial charge on any atom is -0.389 e. The standard InChI is InChI=1S/C13H18N2O4S/c1-13(17)7-8-15(9-13)20(18,19)11-5-3-10(4-6-11)12(16)14-2/h3-6,17H,7-9H2,1-2H3,(H,14,16). The maximum absolute atomic E-state index is 12.4. The van der Waals surface area contributed by atoms with Crippen LogP contribution in [0.25, 0.3) is 0 Å². The number of hydrogen-bond acceptors (Lipinski definition) is 4. The number of nitrogens with zero attached hydrogens (tertiary/aromatic N) is 1. The van der Waals surface area contributed by atoms with Crippen molar-refractivity contribution in [2.45, 2.75) is 23.8 Å². The van der Waals surface area contributed by atoms with E-state index in [0.717, 1.165) is 0 Å². The Bertz CT molecular complexity index is 608. The van der Waals surface area contributed by atoms with Crippen LogP contribution in [-0.4, -0.2) is 49.5 Å². The Kier molecular flexibility index (Phi) is 3.86. The number of nitrogens with one attached hydrogen (secondary N) is 1. The number of carbonyl (C=O) groups excluding carboxylic acids is 1. The molecule has 2 N–H and O–H groups in total. The molecule has 20 heavy (non-hydrogen) atoms. The van der Waals surface area contributed by atoms with E-state index < -0.39 is 15.6 Å². The zero-order valence-electron chi connectivity index (χ0n) is 11.5. The molecule has 0 spiro atoms. The van der Waals surface area contributed by atoms with Gasteiger partial charge < -0.3 is 10.4 Å². The lowest BCUT2D eigenvalue weighted by atomic mass is 10.1. The van der Waals surface area contributed by atoms with E-state index in [-0.39, 0.29) is 17.3 Å². The zero-order valence-corrected chi connectivity index (χ0v) is 12.3. The molecule has 1 saturated heterocycles. The lowest BCUT2D eigenvalue weighted by molar-refractivity contribution is 0.0762. The molecule has 1 aliphatic rings. The molecular formula is C13H18N2O4S. The van der Waals surface area contributed by atoms with Gasteiger partial charge in [0.15, 0.2) is 0 Å². The van der Waals surface area contributed by atoms with Gasteiger partial charge in [-0.15, -0.1) is 0 Å². The molecule has 7 heteroatoms. The van der Waals surface area contributed by atoms with Crippen LogP contribution in [0.2, 0.25) is 0 Å². The number of sulfonamides is 1. The quantitative estimate of drug-likeness (QED) is 0.834. The van der Waals surface area contributed by atoms with Crippen molar-refractivity contribution in [3.05, 3.63) is 29.8 Å². The maximum Gasteiger partial charge on any atom is 0.251 e. The van der Waals surface area contributed by atoms with Crippen molar-refractivity contribution in [3.8, 4) is 0 Å². The van der Waals surface area contributed by atoms with E-state index in [0.29, 0.717) is 18.5 Å². The molecule has 2 rings (SSSR count). The van der Waals surface area contributed by atoms with Gasteiger partial charge in [-0.2, -0.15) is 4.31 Å². The molecule has 1 aliphatic heterocycles. The third kappa shape index (κ3) is 2.84. The van der Waals surface area contributed by atoms with E-state index in [1.54, 1.807) is 6.92 Å². The second-order valence-electron chi connectivity index (χ2n) is 5.19. The van der Waals surface area contributed by atoms with Crippen LogP contribution in [-0.2, 0) is 10.0 Å². The predicted molar refractivity (Wildman–Crippen MR) is 73.8 cm³/mol. The monoisotopic (exact) mass is 298 g/mol. The van der Waals surface area contributed by atoms with Crippen molar-refractivity contribution < 1.29 is 18.3 Å². The third-order valence-corrected chi connectivity index (χ3v) is 5.26. The van der Waals surface area contributed by atoms with Crippen LogP contribution in [0.15, 0.2) is 29.2 Å². The Balaban J connectivity index is 2.25. The average molecular weight is 298 g/mol. The summed E-state index contributed by atoms with van der Waals surface area (Å²) in [6, 6.07) is 5.76. The Morgan fingerprint density at radius 1 is 1.35 bits per heavy atom. The minimum atomic E-state index is -3.62. The van der Waals surface area contributed by atoms with Crippen LogP contribution in [0.1, 0.15) is 23.7 Å². The molecule has 0 aromatic heterocycles. The molecule has 1 unspecified atom stereocenters. The molecule has 1 atom stereocenters. The molecule has 1 fully saturated rings. The van der Waals surface area contributed by atoms with Crippen molar-refractivity contribution >= 4 is 15.9 Å². The van der Waals surface area contributed by atoms with Crippen LogP contribution < -0.4 is 5.32 Å². The summed E-state index contributed by atoms with van der Waals surface area (Å²) >= 11 is 0. The summed E-state index contributed by atoms with van der Waals surface area (Å²) in [6.45, 7) is 2.01. The molecule has 1 amide bonds. The number of benzene rings is 1. The van der Waals surface area contributed by atoms with Crippen molar-refractivity contribution in [1.82, 2.24) is 9.62 Å². The molecule has 0 radical (unpaired) electrons. The van der Waals surface area contributed by atoms with Gasteiger partial charge in [-0.05, 0) is 37.6 Å². The van der Waals surface area contributed by atoms with E-state index >= 15 is 0 Å². The van der Waals surface area contributed by atoms with Gasteiger partial charge in [0.1, 0.15) is 0 Å². The summed E-state index contributed by atoms with van der Waals surface area (Å²) in [5.74, 6) is -0.266. The molecule has 1 aromatic rings. The molecule has 0 bridgehead atoms. The largest absolute Gasteiger partial charge is 0.389 e. The van der Waals surface area contributed by atoms with E-state index in [1.807, 2.05) is 0 Å². The van der Waals surface area contributed by atoms with Gasteiger partial charge in [0.25, 0.3) is 5.91 Å². The third-order valence-electron chi connectivity index (χ3n) is 3.40. The van der Waals surface area contributed by atoms with Crippen LogP contribution in [0, 0.1) is 0 Å². The second-order valence-corrected chi connectivity index (χ2v) is 7.13. The topological polar surface area (TPSA) is 86.7 Å². The summed E-state index contributed by atoms with van der Waals surface area (Å²) in [5.41, 5.74) is -0.574. The van der Waals surface area contributed by atoms with E-state index in [9.17, 15) is 18.3 Å². The Hall–Kier alpha value is -1.44. The van der Waals surface area contributed by atoms with Gasteiger partial charge in [0.05, 0.1) is 10.5 Å². The van der Waals surface area contributed by atoms with Crippen molar-refractivity contribution in [2.75, 3.05) is 20.1 Å². The fourth-order valence-corrected chi connectivity index (χ4v) is 3.74. The van der Waals surface area contributed by atoms with Gasteiger partial charge in [-0.25, -0.2) is 8.42 Å². The summed E-state index contributed by atoms with van der Waals surface area (Å²) in [7, 11) is -2.10. The first-order valence-electron chi connectivity index (χ1n) is 6.31. The minimum absolute atomic E-state index is 0.0898. The highest BCUT2D eigenvalue weighted by molar-refractivity contribution is 7.89.